The zero-order chi connectivity index (χ0) is 44.8. The highest BCUT2D eigenvalue weighted by Gasteiger charge is 2.68. The molecule has 3 saturated heterocycles. The van der Waals surface area contributed by atoms with Crippen LogP contribution in [-0.4, -0.2) is 81.4 Å². The van der Waals surface area contributed by atoms with E-state index in [4.69, 9.17) is 52.1 Å². The Balaban J connectivity index is 1.10. The number of rotatable bonds is 21. The number of methoxy groups -OCH3 is 1. The van der Waals surface area contributed by atoms with Crippen LogP contribution in [0.4, 0.5) is 0 Å². The van der Waals surface area contributed by atoms with E-state index in [0.717, 1.165) is 33.4 Å². The summed E-state index contributed by atoms with van der Waals surface area (Å²) in [5, 5.41) is 0. The van der Waals surface area contributed by atoms with E-state index >= 15 is 0 Å². The summed E-state index contributed by atoms with van der Waals surface area (Å²) < 4.78 is 75.2. The summed E-state index contributed by atoms with van der Waals surface area (Å²) in [4.78, 5) is 0. The quantitative estimate of drug-likeness (QED) is 0.0693. The molecule has 3 fully saturated rings. The molecule has 0 unspecified atom stereocenters. The van der Waals surface area contributed by atoms with Crippen LogP contribution in [0.15, 0.2) is 182 Å². The van der Waals surface area contributed by atoms with Crippen molar-refractivity contribution in [3.8, 4) is 0 Å². The number of fused-ring (bicyclic) bond motifs is 1. The van der Waals surface area contributed by atoms with E-state index in [-0.39, 0.29) is 39.6 Å². The van der Waals surface area contributed by atoms with Crippen LogP contribution in [0, 0.1) is 0 Å². The molecule has 0 saturated carbocycles. The molecule has 0 aliphatic carbocycles. The molecule has 11 heteroatoms. The average molecular weight is 895 g/mol. The molecule has 3 heterocycles. The first-order valence-electron chi connectivity index (χ1n) is 22.7. The zero-order valence-electron chi connectivity index (χ0n) is 37.2. The van der Waals surface area contributed by atoms with Crippen LogP contribution >= 0.6 is 0 Å². The summed E-state index contributed by atoms with van der Waals surface area (Å²) >= 11 is 0. The molecule has 10 atom stereocenters. The van der Waals surface area contributed by atoms with Gasteiger partial charge in [-0.05, 0) is 33.4 Å². The van der Waals surface area contributed by atoms with Crippen molar-refractivity contribution in [2.75, 3.05) is 20.3 Å². The summed E-state index contributed by atoms with van der Waals surface area (Å²) in [6.45, 7) is 1.98. The van der Waals surface area contributed by atoms with Crippen LogP contribution in [0.5, 0.6) is 0 Å². The standard InChI is InChI=1S/C55H58O11/c1-56-54-52(61-36-44-28-16-6-17-29-44)50-49(46(63-54)38-57-32-40-20-8-2-9-21-40)65-55(66-50)53(62-37-45-30-18-7-19-31-45)51(60-35-43-26-14-5-15-27-43)48(59-34-42-24-12-4-13-25-42)47(64-55)39-58-33-41-22-10-3-11-23-41/h2-31,46-54H,32-39H2,1H3/t46-,47-,48-,49+,50+,51+,52-,53+,54+,55-/m1/s1. The maximum absolute atomic E-state index is 7.31. The Morgan fingerprint density at radius 3 is 1.18 bits per heavy atom. The van der Waals surface area contributed by atoms with Gasteiger partial charge in [-0.25, -0.2) is 0 Å². The number of hydrogen-bond donors (Lipinski definition) is 0. The van der Waals surface area contributed by atoms with E-state index in [1.54, 1.807) is 7.11 Å². The molecule has 0 amide bonds. The average Bonchev–Trinajstić information content (AvgIpc) is 3.76. The second-order valence-corrected chi connectivity index (χ2v) is 16.7. The van der Waals surface area contributed by atoms with Crippen LogP contribution in [0.2, 0.25) is 0 Å². The van der Waals surface area contributed by atoms with E-state index < -0.39 is 61.1 Å². The smallest absolute Gasteiger partial charge is 0.315 e. The highest BCUT2D eigenvalue weighted by Crippen LogP contribution is 2.48. The van der Waals surface area contributed by atoms with Crippen molar-refractivity contribution in [1.29, 1.82) is 0 Å². The van der Waals surface area contributed by atoms with Crippen molar-refractivity contribution in [1.82, 2.24) is 0 Å². The lowest BCUT2D eigenvalue weighted by atomic mass is 9.96. The third-order valence-electron chi connectivity index (χ3n) is 12.0. The monoisotopic (exact) mass is 894 g/mol. The molecular formula is C55H58O11. The van der Waals surface area contributed by atoms with Gasteiger partial charge in [-0.1, -0.05) is 182 Å². The first kappa shape index (κ1) is 46.0. The molecule has 0 bridgehead atoms. The Morgan fingerprint density at radius 2 is 0.742 bits per heavy atom. The molecular weight excluding hydrogens is 837 g/mol. The zero-order valence-corrected chi connectivity index (χ0v) is 37.2. The summed E-state index contributed by atoms with van der Waals surface area (Å²) in [5.74, 6) is -1.88. The second kappa shape index (κ2) is 23.1. The molecule has 6 aromatic rings. The van der Waals surface area contributed by atoms with Gasteiger partial charge in [-0.3, -0.25) is 0 Å². The molecule has 9 rings (SSSR count). The molecule has 66 heavy (non-hydrogen) atoms. The fourth-order valence-corrected chi connectivity index (χ4v) is 8.69. The highest BCUT2D eigenvalue weighted by atomic mass is 16.9. The molecule has 6 aromatic carbocycles. The van der Waals surface area contributed by atoms with Crippen LogP contribution in [0.3, 0.4) is 0 Å². The van der Waals surface area contributed by atoms with Crippen molar-refractivity contribution in [3.05, 3.63) is 215 Å². The van der Waals surface area contributed by atoms with Gasteiger partial charge in [0.25, 0.3) is 0 Å². The van der Waals surface area contributed by atoms with E-state index in [2.05, 4.69) is 0 Å². The van der Waals surface area contributed by atoms with Crippen molar-refractivity contribution >= 4 is 0 Å². The van der Waals surface area contributed by atoms with E-state index in [9.17, 15) is 0 Å². The molecule has 11 nitrogen and oxygen atoms in total. The first-order chi connectivity index (χ1) is 32.6. The summed E-state index contributed by atoms with van der Waals surface area (Å²) in [5.41, 5.74) is 5.93. The van der Waals surface area contributed by atoms with Gasteiger partial charge >= 0.3 is 5.97 Å². The number of ether oxygens (including phenoxy) is 11. The molecule has 1 spiro atoms. The van der Waals surface area contributed by atoms with E-state index in [1.807, 2.05) is 182 Å². The topological polar surface area (TPSA) is 102 Å². The number of hydrogen-bond acceptors (Lipinski definition) is 11. The number of benzene rings is 6. The van der Waals surface area contributed by atoms with Crippen LogP contribution in [0.25, 0.3) is 0 Å². The van der Waals surface area contributed by atoms with Gasteiger partial charge in [0.1, 0.15) is 42.7 Å². The van der Waals surface area contributed by atoms with Gasteiger partial charge in [-0.2, -0.15) is 0 Å². The lowest BCUT2D eigenvalue weighted by molar-refractivity contribution is -0.449. The third kappa shape index (κ3) is 11.7. The lowest BCUT2D eigenvalue weighted by Gasteiger charge is -2.49. The van der Waals surface area contributed by atoms with Gasteiger partial charge < -0.3 is 52.1 Å². The summed E-state index contributed by atoms with van der Waals surface area (Å²) in [7, 11) is 1.60. The van der Waals surface area contributed by atoms with Crippen molar-refractivity contribution < 1.29 is 52.1 Å². The molecule has 344 valence electrons. The minimum Gasteiger partial charge on any atom is -0.374 e. The minimum absolute atomic E-state index is 0.115. The predicted octanol–water partition coefficient (Wildman–Crippen LogP) is 8.97. The Labute approximate surface area is 387 Å². The van der Waals surface area contributed by atoms with Crippen LogP contribution in [0.1, 0.15) is 33.4 Å². The Morgan fingerprint density at radius 1 is 0.379 bits per heavy atom. The summed E-state index contributed by atoms with van der Waals surface area (Å²) in [6.07, 6.45) is -7.13. The maximum Gasteiger partial charge on any atom is 0.315 e. The second-order valence-electron chi connectivity index (χ2n) is 16.7. The van der Waals surface area contributed by atoms with Crippen LogP contribution in [-0.2, 0) is 91.7 Å². The van der Waals surface area contributed by atoms with Gasteiger partial charge in [0.15, 0.2) is 12.4 Å². The predicted molar refractivity (Wildman–Crippen MR) is 245 cm³/mol. The lowest BCUT2D eigenvalue weighted by Crippen LogP contribution is -2.68. The molecule has 0 radical (unpaired) electrons. The largest absolute Gasteiger partial charge is 0.374 e. The molecule has 3 aliphatic heterocycles. The maximum atomic E-state index is 7.31. The Kier molecular flexibility index (Phi) is 16.1. The highest BCUT2D eigenvalue weighted by molar-refractivity contribution is 5.18. The van der Waals surface area contributed by atoms with Crippen LogP contribution < -0.4 is 0 Å². The Hall–Kier alpha value is -5.12. The van der Waals surface area contributed by atoms with Gasteiger partial charge in [0, 0.05) is 7.11 Å². The van der Waals surface area contributed by atoms with Crippen molar-refractivity contribution in [2.24, 2.45) is 0 Å². The normalized spacial score (nSPS) is 27.1. The fourth-order valence-electron chi connectivity index (χ4n) is 8.69. The SMILES string of the molecule is CO[C@H]1O[C@H](COCc2ccccc2)[C@@H]2O[C@]3(O[C@@H]2[C@H]1OCc1ccccc1)O[C@H](COCc1ccccc1)[C@@H](OCc1ccccc1)[C@H](OCc1ccccc1)[C@@H]3OCc1ccccc1. The van der Waals surface area contributed by atoms with Crippen molar-refractivity contribution in [2.45, 2.75) is 101 Å². The third-order valence-corrected chi connectivity index (χ3v) is 12.0. The first-order valence-corrected chi connectivity index (χ1v) is 22.7. The van der Waals surface area contributed by atoms with Crippen molar-refractivity contribution in [3.63, 3.8) is 0 Å². The van der Waals surface area contributed by atoms with Gasteiger partial charge in [0.2, 0.25) is 0 Å². The minimum atomic E-state index is -1.88. The molecule has 0 N–H and O–H groups in total. The summed E-state index contributed by atoms with van der Waals surface area (Å²) in [6, 6.07) is 60.0. The van der Waals surface area contributed by atoms with Gasteiger partial charge in [-0.15, -0.1) is 0 Å². The fraction of sp³-hybridized carbons (Fsp3) is 0.345. The van der Waals surface area contributed by atoms with E-state index in [1.165, 1.54) is 0 Å². The molecule has 3 aliphatic rings. The molecule has 0 aromatic heterocycles. The Bertz CT molecular complexity index is 2290. The van der Waals surface area contributed by atoms with E-state index in [0.29, 0.717) is 13.2 Å². The van der Waals surface area contributed by atoms with Gasteiger partial charge in [0.05, 0.1) is 52.9 Å².